The molecule has 1 aliphatic heterocycles. The van der Waals surface area contributed by atoms with Gasteiger partial charge in [0.2, 0.25) is 0 Å². The molecule has 4 rings (SSSR count). The zero-order valence-corrected chi connectivity index (χ0v) is 19.6. The van der Waals surface area contributed by atoms with Gasteiger partial charge in [0.25, 0.3) is 5.91 Å². The first-order chi connectivity index (χ1) is 16.6. The molecule has 0 radical (unpaired) electrons. The largest absolute Gasteiger partial charge is 0.416 e. The number of hydrogen-bond donors (Lipinski definition) is 0. The third-order valence-corrected chi connectivity index (χ3v) is 6.12. The van der Waals surface area contributed by atoms with Crippen LogP contribution >= 0.6 is 0 Å². The lowest BCUT2D eigenvalue weighted by atomic mass is 10.0. The maximum atomic E-state index is 13.7. The van der Waals surface area contributed by atoms with E-state index >= 15 is 0 Å². The highest BCUT2D eigenvalue weighted by Crippen LogP contribution is 2.29. The molecule has 0 atom stereocenters. The fourth-order valence-corrected chi connectivity index (χ4v) is 4.35. The number of benzene rings is 2. The molecule has 2 aromatic carbocycles. The van der Waals surface area contributed by atoms with Crippen LogP contribution in [0.15, 0.2) is 48.5 Å². The molecule has 0 aliphatic carbocycles. The molecule has 1 amide bonds. The van der Waals surface area contributed by atoms with Gasteiger partial charge in [-0.1, -0.05) is 12.1 Å². The molecule has 1 fully saturated rings. The second-order valence-electron chi connectivity index (χ2n) is 8.67. The molecule has 3 aromatic rings. The minimum Gasteiger partial charge on any atom is -0.354 e. The van der Waals surface area contributed by atoms with Gasteiger partial charge in [0.05, 0.1) is 5.56 Å². The van der Waals surface area contributed by atoms with Gasteiger partial charge in [-0.2, -0.15) is 13.2 Å². The molecule has 9 heteroatoms. The number of rotatable bonds is 4. The highest BCUT2D eigenvalue weighted by atomic mass is 19.4. The third kappa shape index (κ3) is 5.78. The first kappa shape index (κ1) is 24.6. The lowest BCUT2D eigenvalue weighted by molar-refractivity contribution is -0.137. The van der Waals surface area contributed by atoms with Crippen molar-refractivity contribution < 1.29 is 22.4 Å². The number of nitrogens with zero attached hydrogens (tertiary/aromatic N) is 4. The number of carbonyl (C=O) groups excluding carboxylic acids is 1. The Morgan fingerprint density at radius 3 is 2.40 bits per heavy atom. The summed E-state index contributed by atoms with van der Waals surface area (Å²) in [7, 11) is 0. The number of halogens is 4. The van der Waals surface area contributed by atoms with Gasteiger partial charge in [0.15, 0.2) is 0 Å². The minimum atomic E-state index is -4.44. The molecule has 1 aliphatic rings. The molecule has 0 saturated carbocycles. The number of aromatic nitrogens is 2. The van der Waals surface area contributed by atoms with Gasteiger partial charge in [-0.15, -0.1) is 0 Å². The lowest BCUT2D eigenvalue weighted by Crippen LogP contribution is -2.35. The summed E-state index contributed by atoms with van der Waals surface area (Å²) in [5, 5.41) is 0. The summed E-state index contributed by atoms with van der Waals surface area (Å²) in [6, 6.07) is 10.7. The first-order valence-corrected chi connectivity index (χ1v) is 11.4. The molecular formula is C26H26F4N4O. The summed E-state index contributed by atoms with van der Waals surface area (Å²) in [5.41, 5.74) is 1.99. The molecular weight excluding hydrogens is 460 g/mol. The molecule has 0 unspecified atom stereocenters. The predicted molar refractivity (Wildman–Crippen MR) is 125 cm³/mol. The SMILES string of the molecule is Cc1nc(C)c(Cc2cccc(F)c2)c(N2CCCN(C(=O)c3ccc(C(F)(F)F)cc3)CC2)n1. The molecule has 184 valence electrons. The fourth-order valence-electron chi connectivity index (χ4n) is 4.35. The average molecular weight is 487 g/mol. The van der Waals surface area contributed by atoms with E-state index in [2.05, 4.69) is 14.9 Å². The molecule has 0 spiro atoms. The topological polar surface area (TPSA) is 49.3 Å². The van der Waals surface area contributed by atoms with E-state index in [-0.39, 0.29) is 17.3 Å². The van der Waals surface area contributed by atoms with Crippen LogP contribution in [-0.4, -0.2) is 47.0 Å². The first-order valence-electron chi connectivity index (χ1n) is 11.4. The normalized spacial score (nSPS) is 14.7. The van der Waals surface area contributed by atoms with Gasteiger partial charge in [0.1, 0.15) is 17.5 Å². The summed E-state index contributed by atoms with van der Waals surface area (Å²) in [4.78, 5) is 25.9. The minimum absolute atomic E-state index is 0.229. The Balaban J connectivity index is 1.52. The van der Waals surface area contributed by atoms with Crippen LogP contribution in [-0.2, 0) is 12.6 Å². The molecule has 35 heavy (non-hydrogen) atoms. The van der Waals surface area contributed by atoms with Crippen molar-refractivity contribution in [3.05, 3.63) is 88.1 Å². The molecule has 1 aromatic heterocycles. The smallest absolute Gasteiger partial charge is 0.354 e. The molecule has 0 bridgehead atoms. The van der Waals surface area contributed by atoms with Crippen LogP contribution in [0.3, 0.4) is 0 Å². The summed E-state index contributed by atoms with van der Waals surface area (Å²) >= 11 is 0. The Kier molecular flexibility index (Phi) is 7.05. The van der Waals surface area contributed by atoms with E-state index in [4.69, 9.17) is 0 Å². The Labute approximate surface area is 201 Å². The van der Waals surface area contributed by atoms with Crippen LogP contribution in [0.2, 0.25) is 0 Å². The monoisotopic (exact) mass is 486 g/mol. The summed E-state index contributed by atoms with van der Waals surface area (Å²) in [6.45, 7) is 5.78. The Morgan fingerprint density at radius 1 is 0.971 bits per heavy atom. The van der Waals surface area contributed by atoms with Crippen molar-refractivity contribution >= 4 is 11.7 Å². The van der Waals surface area contributed by atoms with Crippen LogP contribution in [0, 0.1) is 19.7 Å². The van der Waals surface area contributed by atoms with Crippen molar-refractivity contribution in [2.75, 3.05) is 31.1 Å². The highest BCUT2D eigenvalue weighted by Gasteiger charge is 2.31. The van der Waals surface area contributed by atoms with Gasteiger partial charge in [-0.05, 0) is 62.2 Å². The number of aryl methyl sites for hydroxylation is 2. The van der Waals surface area contributed by atoms with Crippen molar-refractivity contribution in [2.24, 2.45) is 0 Å². The second-order valence-corrected chi connectivity index (χ2v) is 8.67. The van der Waals surface area contributed by atoms with E-state index in [0.29, 0.717) is 44.8 Å². The van der Waals surface area contributed by atoms with Gasteiger partial charge in [0, 0.05) is 49.4 Å². The number of carbonyl (C=O) groups is 1. The fraction of sp³-hybridized carbons (Fsp3) is 0.346. The molecule has 2 heterocycles. The van der Waals surface area contributed by atoms with Crippen LogP contribution in [0.5, 0.6) is 0 Å². The van der Waals surface area contributed by atoms with Crippen LogP contribution in [0.4, 0.5) is 23.4 Å². The summed E-state index contributed by atoms with van der Waals surface area (Å²) in [5.74, 6) is 0.794. The van der Waals surface area contributed by atoms with E-state index in [9.17, 15) is 22.4 Å². The van der Waals surface area contributed by atoms with Crippen molar-refractivity contribution in [3.63, 3.8) is 0 Å². The Hall–Kier alpha value is -3.49. The van der Waals surface area contributed by atoms with Crippen molar-refractivity contribution in [1.82, 2.24) is 14.9 Å². The van der Waals surface area contributed by atoms with Gasteiger partial charge in [-0.25, -0.2) is 14.4 Å². The van der Waals surface area contributed by atoms with Crippen molar-refractivity contribution in [1.29, 1.82) is 0 Å². The number of amides is 1. The van der Waals surface area contributed by atoms with Gasteiger partial charge < -0.3 is 9.80 Å². The van der Waals surface area contributed by atoms with E-state index in [1.807, 2.05) is 19.9 Å². The van der Waals surface area contributed by atoms with Crippen molar-refractivity contribution in [2.45, 2.75) is 32.9 Å². The third-order valence-electron chi connectivity index (χ3n) is 6.12. The van der Waals surface area contributed by atoms with E-state index in [1.165, 1.54) is 24.3 Å². The van der Waals surface area contributed by atoms with E-state index in [1.54, 1.807) is 11.0 Å². The van der Waals surface area contributed by atoms with Gasteiger partial charge >= 0.3 is 6.18 Å². The Morgan fingerprint density at radius 2 is 1.71 bits per heavy atom. The number of alkyl halides is 3. The van der Waals surface area contributed by atoms with Crippen LogP contribution in [0.1, 0.15) is 45.0 Å². The summed E-state index contributed by atoms with van der Waals surface area (Å²) in [6.07, 6.45) is -3.29. The lowest BCUT2D eigenvalue weighted by Gasteiger charge is -2.26. The van der Waals surface area contributed by atoms with E-state index in [0.717, 1.165) is 34.8 Å². The highest BCUT2D eigenvalue weighted by molar-refractivity contribution is 5.94. The maximum Gasteiger partial charge on any atom is 0.416 e. The Bertz CT molecular complexity index is 1210. The predicted octanol–water partition coefficient (Wildman–Crippen LogP) is 5.19. The molecule has 1 saturated heterocycles. The average Bonchev–Trinajstić information content (AvgIpc) is 3.06. The zero-order valence-electron chi connectivity index (χ0n) is 19.6. The van der Waals surface area contributed by atoms with Gasteiger partial charge in [-0.3, -0.25) is 4.79 Å². The summed E-state index contributed by atoms with van der Waals surface area (Å²) < 4.78 is 52.3. The number of hydrogen-bond acceptors (Lipinski definition) is 4. The standard InChI is InChI=1S/C26H26F4N4O/c1-17-23(16-19-5-3-6-22(27)15-19)24(32-18(2)31-17)33-11-4-12-34(14-13-33)25(35)20-7-9-21(10-8-20)26(28,29)30/h3,5-10,15H,4,11-14,16H2,1-2H3. The maximum absolute atomic E-state index is 13.7. The van der Waals surface area contributed by atoms with Crippen molar-refractivity contribution in [3.8, 4) is 0 Å². The second kappa shape index (κ2) is 10.0. The van der Waals surface area contributed by atoms with Crippen LogP contribution in [0.25, 0.3) is 0 Å². The van der Waals surface area contributed by atoms with Crippen LogP contribution < -0.4 is 4.90 Å². The molecule has 0 N–H and O–H groups in total. The quantitative estimate of drug-likeness (QED) is 0.476. The van der Waals surface area contributed by atoms with E-state index < -0.39 is 11.7 Å². The molecule has 5 nitrogen and oxygen atoms in total. The number of anilines is 1. The zero-order chi connectivity index (χ0) is 25.2.